The van der Waals surface area contributed by atoms with Crippen molar-refractivity contribution in [3.63, 3.8) is 0 Å². The summed E-state index contributed by atoms with van der Waals surface area (Å²) < 4.78 is 5.87. The molecule has 0 heterocycles. The van der Waals surface area contributed by atoms with Gasteiger partial charge in [-0.05, 0) is 75.1 Å². The van der Waals surface area contributed by atoms with E-state index in [4.69, 9.17) is 16.3 Å². The van der Waals surface area contributed by atoms with Crippen molar-refractivity contribution in [2.24, 2.45) is 0 Å². The summed E-state index contributed by atoms with van der Waals surface area (Å²) in [5.74, 6) is 0.543. The predicted octanol–water partition coefficient (Wildman–Crippen LogP) is 4.98. The molecule has 0 saturated heterocycles. The van der Waals surface area contributed by atoms with Gasteiger partial charge in [0, 0.05) is 10.7 Å². The first-order valence-electron chi connectivity index (χ1n) is 7.60. The van der Waals surface area contributed by atoms with Crippen molar-refractivity contribution in [2.45, 2.75) is 40.7 Å². The van der Waals surface area contributed by atoms with Gasteiger partial charge in [0.15, 0.2) is 6.10 Å². The van der Waals surface area contributed by atoms with Gasteiger partial charge in [0.25, 0.3) is 5.91 Å². The van der Waals surface area contributed by atoms with Crippen LogP contribution in [0, 0.1) is 27.7 Å². The quantitative estimate of drug-likeness (QED) is 0.858. The van der Waals surface area contributed by atoms with Crippen LogP contribution in [0.25, 0.3) is 0 Å². The highest BCUT2D eigenvalue weighted by Gasteiger charge is 2.17. The van der Waals surface area contributed by atoms with E-state index in [1.165, 1.54) is 0 Å². The number of hydrogen-bond acceptors (Lipinski definition) is 2. The largest absolute Gasteiger partial charge is 0.481 e. The molecular formula is C19H22ClNO2. The van der Waals surface area contributed by atoms with Gasteiger partial charge in [-0.3, -0.25) is 4.79 Å². The molecule has 2 aromatic rings. The van der Waals surface area contributed by atoms with E-state index in [1.807, 2.05) is 45.9 Å². The maximum atomic E-state index is 12.4. The van der Waals surface area contributed by atoms with E-state index in [2.05, 4.69) is 11.4 Å². The summed E-state index contributed by atoms with van der Waals surface area (Å²) in [5.41, 5.74) is 4.86. The molecule has 122 valence electrons. The molecule has 4 heteroatoms. The molecule has 3 nitrogen and oxygen atoms in total. The smallest absolute Gasteiger partial charge is 0.265 e. The standard InChI is InChI=1S/C19H22ClNO2/c1-11-9-12(2)13(3)18(10-11)23-15(5)19(22)21-17-8-6-7-16(20)14(17)4/h6-10,15H,1-5H3,(H,21,22)/t15-/m1/s1. The van der Waals surface area contributed by atoms with Gasteiger partial charge in [-0.25, -0.2) is 0 Å². The molecule has 0 aliphatic rings. The lowest BCUT2D eigenvalue weighted by molar-refractivity contribution is -0.122. The van der Waals surface area contributed by atoms with Crippen molar-refractivity contribution in [1.29, 1.82) is 0 Å². The fourth-order valence-corrected chi connectivity index (χ4v) is 2.52. The van der Waals surface area contributed by atoms with Gasteiger partial charge in [-0.15, -0.1) is 0 Å². The van der Waals surface area contributed by atoms with E-state index >= 15 is 0 Å². The van der Waals surface area contributed by atoms with Crippen LogP contribution in [0.15, 0.2) is 30.3 Å². The molecule has 2 aromatic carbocycles. The number of carbonyl (C=O) groups is 1. The van der Waals surface area contributed by atoms with Crippen LogP contribution >= 0.6 is 11.6 Å². The second-order valence-electron chi connectivity index (χ2n) is 5.87. The van der Waals surface area contributed by atoms with Gasteiger partial charge >= 0.3 is 0 Å². The first-order chi connectivity index (χ1) is 10.8. The van der Waals surface area contributed by atoms with Crippen LogP contribution in [0.4, 0.5) is 5.69 Å². The van der Waals surface area contributed by atoms with Gasteiger partial charge in [0.2, 0.25) is 0 Å². The third-order valence-corrected chi connectivity index (χ3v) is 4.37. The maximum Gasteiger partial charge on any atom is 0.265 e. The Morgan fingerprint density at radius 3 is 2.52 bits per heavy atom. The minimum absolute atomic E-state index is 0.200. The molecule has 1 N–H and O–H groups in total. The van der Waals surface area contributed by atoms with E-state index in [-0.39, 0.29) is 5.91 Å². The first-order valence-corrected chi connectivity index (χ1v) is 7.98. The third-order valence-electron chi connectivity index (χ3n) is 3.96. The molecule has 0 spiro atoms. The Hall–Kier alpha value is -2.00. The number of benzene rings is 2. The van der Waals surface area contributed by atoms with Crippen molar-refractivity contribution in [2.75, 3.05) is 5.32 Å². The summed E-state index contributed by atoms with van der Waals surface area (Å²) in [6, 6.07) is 9.49. The van der Waals surface area contributed by atoms with E-state index < -0.39 is 6.10 Å². The van der Waals surface area contributed by atoms with Crippen molar-refractivity contribution in [3.05, 3.63) is 57.6 Å². The van der Waals surface area contributed by atoms with Crippen LogP contribution in [-0.2, 0) is 4.79 Å². The molecule has 0 aliphatic carbocycles. The zero-order valence-electron chi connectivity index (χ0n) is 14.2. The molecule has 1 amide bonds. The Morgan fingerprint density at radius 1 is 1.13 bits per heavy atom. The number of aryl methyl sites for hydroxylation is 2. The Kier molecular flexibility index (Phi) is 5.32. The predicted molar refractivity (Wildman–Crippen MR) is 95.6 cm³/mol. The number of ether oxygens (including phenoxy) is 1. The lowest BCUT2D eigenvalue weighted by Gasteiger charge is -2.18. The average molecular weight is 332 g/mol. The summed E-state index contributed by atoms with van der Waals surface area (Å²) in [4.78, 5) is 12.4. The number of carbonyl (C=O) groups excluding carboxylic acids is 1. The number of anilines is 1. The van der Waals surface area contributed by atoms with E-state index in [1.54, 1.807) is 13.0 Å². The van der Waals surface area contributed by atoms with Crippen LogP contribution in [0.5, 0.6) is 5.75 Å². The molecule has 0 saturated carbocycles. The van der Waals surface area contributed by atoms with Gasteiger partial charge in [-0.1, -0.05) is 23.7 Å². The van der Waals surface area contributed by atoms with E-state index in [9.17, 15) is 4.79 Å². The lowest BCUT2D eigenvalue weighted by atomic mass is 10.1. The van der Waals surface area contributed by atoms with E-state index in [0.29, 0.717) is 10.7 Å². The minimum Gasteiger partial charge on any atom is -0.481 e. The molecule has 0 aliphatic heterocycles. The number of halogens is 1. The van der Waals surface area contributed by atoms with Crippen molar-refractivity contribution >= 4 is 23.2 Å². The molecule has 0 radical (unpaired) electrons. The minimum atomic E-state index is -0.603. The molecule has 0 aromatic heterocycles. The Labute approximate surface area is 142 Å². The number of amides is 1. The van der Waals surface area contributed by atoms with Crippen LogP contribution in [0.1, 0.15) is 29.2 Å². The topological polar surface area (TPSA) is 38.3 Å². The van der Waals surface area contributed by atoms with Gasteiger partial charge in [-0.2, -0.15) is 0 Å². The van der Waals surface area contributed by atoms with Crippen LogP contribution in [0.3, 0.4) is 0 Å². The van der Waals surface area contributed by atoms with Crippen molar-refractivity contribution in [1.82, 2.24) is 0 Å². The molecule has 0 bridgehead atoms. The fourth-order valence-electron chi connectivity index (χ4n) is 2.34. The molecule has 0 fully saturated rings. The maximum absolute atomic E-state index is 12.4. The second-order valence-corrected chi connectivity index (χ2v) is 6.27. The summed E-state index contributed by atoms with van der Waals surface area (Å²) in [7, 11) is 0. The SMILES string of the molecule is Cc1cc(C)c(C)c(O[C@H](C)C(=O)Nc2cccc(Cl)c2C)c1. The summed E-state index contributed by atoms with van der Waals surface area (Å²) in [6.45, 7) is 9.66. The molecule has 23 heavy (non-hydrogen) atoms. The Balaban J connectivity index is 2.13. The van der Waals surface area contributed by atoms with E-state index in [0.717, 1.165) is 28.0 Å². The Bertz CT molecular complexity index is 740. The number of rotatable bonds is 4. The average Bonchev–Trinajstić information content (AvgIpc) is 2.48. The molecule has 2 rings (SSSR count). The van der Waals surface area contributed by atoms with Crippen LogP contribution in [0.2, 0.25) is 5.02 Å². The highest BCUT2D eigenvalue weighted by atomic mass is 35.5. The van der Waals surface area contributed by atoms with Crippen molar-refractivity contribution < 1.29 is 9.53 Å². The number of nitrogens with one attached hydrogen (secondary N) is 1. The third kappa shape index (κ3) is 4.05. The zero-order chi connectivity index (χ0) is 17.1. The van der Waals surface area contributed by atoms with Gasteiger partial charge in [0.1, 0.15) is 5.75 Å². The van der Waals surface area contributed by atoms with Crippen molar-refractivity contribution in [3.8, 4) is 5.75 Å². The molecule has 1 atom stereocenters. The zero-order valence-corrected chi connectivity index (χ0v) is 14.9. The van der Waals surface area contributed by atoms with Gasteiger partial charge in [0.05, 0.1) is 0 Å². The normalized spacial score (nSPS) is 11.9. The first kappa shape index (κ1) is 17.4. The summed E-state index contributed by atoms with van der Waals surface area (Å²) in [5, 5.41) is 3.50. The Morgan fingerprint density at radius 2 is 1.83 bits per heavy atom. The monoisotopic (exact) mass is 331 g/mol. The lowest BCUT2D eigenvalue weighted by Crippen LogP contribution is -2.30. The fraction of sp³-hybridized carbons (Fsp3) is 0.316. The second kappa shape index (κ2) is 7.05. The summed E-state index contributed by atoms with van der Waals surface area (Å²) in [6.07, 6.45) is -0.603. The van der Waals surface area contributed by atoms with Crippen LogP contribution < -0.4 is 10.1 Å². The number of hydrogen-bond donors (Lipinski definition) is 1. The highest BCUT2D eigenvalue weighted by Crippen LogP contribution is 2.26. The highest BCUT2D eigenvalue weighted by molar-refractivity contribution is 6.31. The van der Waals surface area contributed by atoms with Crippen LogP contribution in [-0.4, -0.2) is 12.0 Å². The summed E-state index contributed by atoms with van der Waals surface area (Å²) >= 11 is 6.08. The molecule has 0 unspecified atom stereocenters. The van der Waals surface area contributed by atoms with Gasteiger partial charge < -0.3 is 10.1 Å². The molecular weight excluding hydrogens is 310 g/mol.